The third kappa shape index (κ3) is 3.85. The van der Waals surface area contributed by atoms with Crippen LogP contribution in [0.4, 0.5) is 0 Å². The van der Waals surface area contributed by atoms with Gasteiger partial charge < -0.3 is 0 Å². The third-order valence-corrected chi connectivity index (χ3v) is 3.06. The van der Waals surface area contributed by atoms with Crippen molar-refractivity contribution in [2.24, 2.45) is 0 Å². The van der Waals surface area contributed by atoms with Gasteiger partial charge in [-0.3, -0.25) is 0 Å². The molecule has 0 saturated carbocycles. The Bertz CT molecular complexity index is 455. The molecule has 1 atom stereocenters. The van der Waals surface area contributed by atoms with Crippen molar-refractivity contribution in [3.05, 3.63) is 29.3 Å². The largest absolute Gasteiger partial charge is 0.537 e. The van der Waals surface area contributed by atoms with Crippen LogP contribution in [-0.2, 0) is 23.7 Å². The molecule has 82 valence electrons. The molecule has 1 aromatic carbocycles. The number of rotatable bonds is 4. The van der Waals surface area contributed by atoms with Crippen molar-refractivity contribution in [3.8, 4) is 0 Å². The van der Waals surface area contributed by atoms with Gasteiger partial charge in [-0.25, -0.2) is 0 Å². The molecule has 1 rings (SSSR count). The van der Waals surface area contributed by atoms with Gasteiger partial charge in [0.25, 0.3) is 0 Å². The maximum atomic E-state index is 11.3. The van der Waals surface area contributed by atoms with Crippen LogP contribution in [0.1, 0.15) is 0 Å². The summed E-state index contributed by atoms with van der Waals surface area (Å²) in [4.78, 5) is -0.122. The van der Waals surface area contributed by atoms with Gasteiger partial charge in [0.1, 0.15) is 0 Å². The Morgan fingerprint density at radius 1 is 1.27 bits per heavy atom. The summed E-state index contributed by atoms with van der Waals surface area (Å²) in [6.45, 7) is 1.17. The minimum Gasteiger partial charge on any atom is -0.191 e. The predicted molar refractivity (Wildman–Crippen MR) is 54.3 cm³/mol. The van der Waals surface area contributed by atoms with E-state index in [1.54, 1.807) is 0 Å². The molecule has 5 nitrogen and oxygen atoms in total. The lowest BCUT2D eigenvalue weighted by Crippen LogP contribution is -2.04. The first-order chi connectivity index (χ1) is 6.92. The van der Waals surface area contributed by atoms with Crippen LogP contribution < -0.4 is 0 Å². The van der Waals surface area contributed by atoms with E-state index < -0.39 is 18.1 Å². The minimum absolute atomic E-state index is 0.122. The van der Waals surface area contributed by atoms with Crippen LogP contribution in [-0.4, -0.2) is 15.1 Å². The maximum absolute atomic E-state index is 11.3. The summed E-state index contributed by atoms with van der Waals surface area (Å²) in [5, 5.41) is 0.399. The average Bonchev–Trinajstić information content (AvgIpc) is 2.16. The van der Waals surface area contributed by atoms with Crippen molar-refractivity contribution in [1.82, 2.24) is 0 Å². The lowest BCUT2D eigenvalue weighted by molar-refractivity contribution is -0.0833. The molecule has 0 saturated heterocycles. The van der Waals surface area contributed by atoms with E-state index in [-0.39, 0.29) is 4.90 Å². The van der Waals surface area contributed by atoms with E-state index in [1.165, 1.54) is 30.9 Å². The van der Waals surface area contributed by atoms with Crippen molar-refractivity contribution in [2.45, 2.75) is 4.90 Å². The van der Waals surface area contributed by atoms with Gasteiger partial charge in [0.05, 0.1) is 4.90 Å². The van der Waals surface area contributed by atoms with Crippen LogP contribution in [0.15, 0.2) is 29.2 Å². The maximum Gasteiger partial charge on any atom is 0.537 e. The first-order valence-electron chi connectivity index (χ1n) is 3.69. The smallest absolute Gasteiger partial charge is 0.191 e. The lowest BCUT2D eigenvalue weighted by atomic mass is 10.4. The molecule has 0 aliphatic rings. The van der Waals surface area contributed by atoms with Crippen LogP contribution in [0.2, 0.25) is 5.02 Å². The number of halogens is 1. The molecule has 1 aromatic rings. The Balaban J connectivity index is 2.87. The molecule has 1 unspecified atom stereocenters. The van der Waals surface area contributed by atoms with Gasteiger partial charge >= 0.3 is 18.1 Å². The van der Waals surface area contributed by atoms with Crippen LogP contribution in [0.25, 0.3) is 0 Å². The van der Waals surface area contributed by atoms with Crippen molar-refractivity contribution >= 4 is 29.7 Å². The van der Waals surface area contributed by atoms with E-state index in [2.05, 4.69) is 9.01 Å². The topological polar surface area (TPSA) is 69.7 Å². The zero-order valence-corrected chi connectivity index (χ0v) is 10.1. The van der Waals surface area contributed by atoms with Crippen molar-refractivity contribution in [2.75, 3.05) is 6.66 Å². The molecule has 15 heavy (non-hydrogen) atoms. The Kier molecular flexibility index (Phi) is 4.19. The van der Waals surface area contributed by atoms with Crippen LogP contribution in [0.5, 0.6) is 0 Å². The Labute approximate surface area is 92.9 Å². The fraction of sp³-hybridized carbons (Fsp3) is 0.143. The highest BCUT2D eigenvalue weighted by Crippen LogP contribution is 2.22. The molecular weight excluding hydrogens is 263 g/mol. The quantitative estimate of drug-likeness (QED) is 0.477. The fourth-order valence-corrected chi connectivity index (χ4v) is 2.06. The summed E-state index contributed by atoms with van der Waals surface area (Å²) in [5.74, 6) is 0. The summed E-state index contributed by atoms with van der Waals surface area (Å²) >= 11 is 5.58. The molecule has 0 amide bonds. The summed E-state index contributed by atoms with van der Waals surface area (Å²) in [6.07, 6.45) is 0. The number of hydrogen-bond acceptors (Lipinski definition) is 5. The van der Waals surface area contributed by atoms with Crippen LogP contribution >= 0.6 is 19.6 Å². The van der Waals surface area contributed by atoms with E-state index in [0.29, 0.717) is 5.02 Å². The SMILES string of the molecule is C[P+](=O)OOS(=O)(=O)c1ccc(Cl)cc1. The highest BCUT2D eigenvalue weighted by molar-refractivity contribution is 7.86. The van der Waals surface area contributed by atoms with E-state index >= 15 is 0 Å². The van der Waals surface area contributed by atoms with Crippen LogP contribution in [0.3, 0.4) is 0 Å². The second-order valence-electron chi connectivity index (χ2n) is 2.49. The van der Waals surface area contributed by atoms with Gasteiger partial charge in [0, 0.05) is 9.70 Å². The summed E-state index contributed by atoms with van der Waals surface area (Å²) in [6, 6.07) is 5.29. The van der Waals surface area contributed by atoms with Gasteiger partial charge in [0.2, 0.25) is 0 Å². The van der Waals surface area contributed by atoms with Crippen molar-refractivity contribution in [1.29, 1.82) is 0 Å². The Morgan fingerprint density at radius 3 is 2.27 bits per heavy atom. The molecule has 0 spiro atoms. The van der Waals surface area contributed by atoms with Gasteiger partial charge in [-0.15, -0.1) is 0 Å². The second kappa shape index (κ2) is 5.01. The van der Waals surface area contributed by atoms with E-state index in [1.807, 2.05) is 0 Å². The van der Waals surface area contributed by atoms with Gasteiger partial charge in [0.15, 0.2) is 6.66 Å². The van der Waals surface area contributed by atoms with E-state index in [9.17, 15) is 13.0 Å². The highest BCUT2D eigenvalue weighted by Gasteiger charge is 2.21. The average molecular weight is 270 g/mol. The van der Waals surface area contributed by atoms with Crippen molar-refractivity contribution < 1.29 is 22.0 Å². The second-order valence-corrected chi connectivity index (χ2v) is 5.47. The van der Waals surface area contributed by atoms with Gasteiger partial charge in [-0.2, -0.15) is 8.42 Å². The van der Waals surface area contributed by atoms with E-state index in [0.717, 1.165) is 0 Å². The van der Waals surface area contributed by atoms with E-state index in [4.69, 9.17) is 11.6 Å². The predicted octanol–water partition coefficient (Wildman–Crippen LogP) is 2.35. The molecule has 0 radical (unpaired) electrons. The summed E-state index contributed by atoms with van der Waals surface area (Å²) in [7, 11) is -6.18. The van der Waals surface area contributed by atoms with Gasteiger partial charge in [-0.05, 0) is 28.8 Å². The molecule has 0 N–H and O–H groups in total. The van der Waals surface area contributed by atoms with Crippen LogP contribution in [0, 0.1) is 0 Å². The first kappa shape index (κ1) is 12.5. The van der Waals surface area contributed by atoms with Gasteiger partial charge in [-0.1, -0.05) is 15.9 Å². The first-order valence-corrected chi connectivity index (χ1v) is 7.10. The Hall–Kier alpha value is -0.520. The molecular formula is C7H7ClO5PS+. The van der Waals surface area contributed by atoms with Crippen molar-refractivity contribution in [3.63, 3.8) is 0 Å². The highest BCUT2D eigenvalue weighted by atomic mass is 35.5. The molecule has 0 aliphatic carbocycles. The third-order valence-electron chi connectivity index (χ3n) is 1.33. The number of benzene rings is 1. The normalized spacial score (nSPS) is 12.5. The summed E-state index contributed by atoms with van der Waals surface area (Å²) < 4.78 is 41.3. The number of hydrogen-bond donors (Lipinski definition) is 0. The molecule has 0 bridgehead atoms. The zero-order chi connectivity index (χ0) is 11.5. The molecule has 8 heteroatoms. The molecule has 0 aromatic heterocycles. The lowest BCUT2D eigenvalue weighted by Gasteiger charge is -1.98. The monoisotopic (exact) mass is 269 g/mol. The minimum atomic E-state index is -4.04. The standard InChI is InChI=1S/C7H7ClO5PS/c1-14(9)12-13-15(10,11)7-4-2-6(8)3-5-7/h2-5H,1H3/q+1. The Morgan fingerprint density at radius 2 is 1.80 bits per heavy atom. The zero-order valence-electron chi connectivity index (χ0n) is 7.58. The molecule has 0 fully saturated rings. The summed E-state index contributed by atoms with van der Waals surface area (Å²) in [5.41, 5.74) is 0. The fourth-order valence-electron chi connectivity index (χ4n) is 0.723. The molecule has 0 aliphatic heterocycles. The molecule has 0 heterocycles.